The first kappa shape index (κ1) is 13.9. The van der Waals surface area contributed by atoms with Crippen LogP contribution in [0.15, 0.2) is 42.5 Å². The summed E-state index contributed by atoms with van der Waals surface area (Å²) < 4.78 is 13.6. The highest BCUT2D eigenvalue weighted by Crippen LogP contribution is 2.24. The van der Waals surface area contributed by atoms with E-state index in [9.17, 15) is 4.39 Å². The van der Waals surface area contributed by atoms with Gasteiger partial charge in [0, 0.05) is 6.04 Å². The summed E-state index contributed by atoms with van der Waals surface area (Å²) >= 11 is 6.14. The van der Waals surface area contributed by atoms with Gasteiger partial charge < -0.3 is 5.32 Å². The first-order chi connectivity index (χ1) is 9.06. The molecule has 1 N–H and O–H groups in total. The molecule has 2 aromatic carbocycles. The third-order valence-corrected chi connectivity index (χ3v) is 3.34. The van der Waals surface area contributed by atoms with Gasteiger partial charge in [-0.15, -0.1) is 0 Å². The van der Waals surface area contributed by atoms with Gasteiger partial charge in [0.1, 0.15) is 5.82 Å². The Morgan fingerprint density at radius 2 is 1.95 bits per heavy atom. The molecule has 3 heteroatoms. The van der Waals surface area contributed by atoms with Crippen LogP contribution in [0.25, 0.3) is 0 Å². The molecule has 0 radical (unpaired) electrons. The molecule has 1 nitrogen and oxygen atoms in total. The minimum atomic E-state index is -0.161. The fourth-order valence-corrected chi connectivity index (χ4v) is 2.23. The topological polar surface area (TPSA) is 12.0 Å². The summed E-state index contributed by atoms with van der Waals surface area (Å²) in [6.45, 7) is 4.04. The lowest BCUT2D eigenvalue weighted by molar-refractivity contribution is 0.601. The second-order valence-electron chi connectivity index (χ2n) is 4.82. The molecule has 0 fully saturated rings. The van der Waals surface area contributed by atoms with E-state index in [-0.39, 0.29) is 11.9 Å². The van der Waals surface area contributed by atoms with Crippen molar-refractivity contribution in [3.8, 4) is 0 Å². The lowest BCUT2D eigenvalue weighted by Gasteiger charge is -2.17. The van der Waals surface area contributed by atoms with Crippen LogP contribution >= 0.6 is 11.6 Å². The summed E-state index contributed by atoms with van der Waals surface area (Å²) in [5.74, 6) is -0.161. The van der Waals surface area contributed by atoms with E-state index in [1.165, 1.54) is 6.07 Å². The number of hydrogen-bond donors (Lipinski definition) is 1. The molecule has 100 valence electrons. The zero-order valence-corrected chi connectivity index (χ0v) is 11.8. The van der Waals surface area contributed by atoms with Crippen LogP contribution in [-0.4, -0.2) is 6.04 Å². The summed E-state index contributed by atoms with van der Waals surface area (Å²) in [5.41, 5.74) is 2.75. The zero-order chi connectivity index (χ0) is 13.8. The first-order valence-corrected chi connectivity index (χ1v) is 6.70. The van der Waals surface area contributed by atoms with Crippen LogP contribution in [-0.2, 0) is 6.42 Å². The maximum absolute atomic E-state index is 13.6. The molecule has 2 rings (SSSR count). The van der Waals surface area contributed by atoms with Crippen LogP contribution in [0.3, 0.4) is 0 Å². The molecule has 1 unspecified atom stereocenters. The molecule has 0 spiro atoms. The summed E-state index contributed by atoms with van der Waals surface area (Å²) in [5, 5.41) is 4.01. The van der Waals surface area contributed by atoms with Crippen LogP contribution in [0.1, 0.15) is 18.1 Å². The monoisotopic (exact) mass is 277 g/mol. The molecular formula is C16H17ClFN. The molecule has 1 atom stereocenters. The van der Waals surface area contributed by atoms with Crippen molar-refractivity contribution in [1.29, 1.82) is 0 Å². The largest absolute Gasteiger partial charge is 0.381 e. The molecule has 0 aliphatic heterocycles. The Balaban J connectivity index is 2.07. The van der Waals surface area contributed by atoms with E-state index in [2.05, 4.69) is 5.32 Å². The zero-order valence-electron chi connectivity index (χ0n) is 11.1. The fraction of sp³-hybridized carbons (Fsp3) is 0.250. The molecule has 0 saturated carbocycles. The van der Waals surface area contributed by atoms with Crippen molar-refractivity contribution in [2.75, 3.05) is 5.32 Å². The molecule has 0 amide bonds. The number of aryl methyl sites for hydroxylation is 1. The lowest BCUT2D eigenvalue weighted by Crippen LogP contribution is -2.19. The van der Waals surface area contributed by atoms with Crippen LogP contribution in [0.5, 0.6) is 0 Å². The normalized spacial score (nSPS) is 12.2. The molecule has 0 heterocycles. The van der Waals surface area contributed by atoms with Gasteiger partial charge in [0.2, 0.25) is 0 Å². The Morgan fingerprint density at radius 1 is 1.21 bits per heavy atom. The van der Waals surface area contributed by atoms with Gasteiger partial charge >= 0.3 is 0 Å². The highest BCUT2D eigenvalue weighted by atomic mass is 35.5. The Morgan fingerprint density at radius 3 is 2.68 bits per heavy atom. The van der Waals surface area contributed by atoms with E-state index in [4.69, 9.17) is 11.6 Å². The number of benzene rings is 2. The maximum atomic E-state index is 13.6. The Hall–Kier alpha value is -1.54. The van der Waals surface area contributed by atoms with Crippen molar-refractivity contribution >= 4 is 17.3 Å². The SMILES string of the molecule is Cc1ccc(Cl)c(NC(C)Cc2ccccc2F)c1. The molecule has 0 aliphatic carbocycles. The highest BCUT2D eigenvalue weighted by molar-refractivity contribution is 6.33. The molecule has 0 aromatic heterocycles. The molecule has 0 aliphatic rings. The molecule has 2 aromatic rings. The van der Waals surface area contributed by atoms with Crippen LogP contribution in [0.2, 0.25) is 5.02 Å². The van der Waals surface area contributed by atoms with Crippen molar-refractivity contribution in [2.24, 2.45) is 0 Å². The van der Waals surface area contributed by atoms with Gasteiger partial charge in [0.05, 0.1) is 10.7 Å². The number of anilines is 1. The Bertz CT molecular complexity index is 568. The smallest absolute Gasteiger partial charge is 0.126 e. The van der Waals surface area contributed by atoms with Crippen molar-refractivity contribution in [1.82, 2.24) is 0 Å². The van der Waals surface area contributed by atoms with Gasteiger partial charge in [-0.25, -0.2) is 4.39 Å². The second-order valence-corrected chi connectivity index (χ2v) is 5.23. The summed E-state index contributed by atoms with van der Waals surface area (Å²) in [6.07, 6.45) is 0.622. The average Bonchev–Trinajstić information content (AvgIpc) is 2.37. The highest BCUT2D eigenvalue weighted by Gasteiger charge is 2.09. The Kier molecular flexibility index (Phi) is 4.43. The standard InChI is InChI=1S/C16H17ClFN/c1-11-7-8-14(17)16(9-11)19-12(2)10-13-5-3-4-6-15(13)18/h3-9,12,19H,10H2,1-2H3. The number of hydrogen-bond acceptors (Lipinski definition) is 1. The maximum Gasteiger partial charge on any atom is 0.126 e. The Labute approximate surface area is 118 Å². The van der Waals surface area contributed by atoms with Crippen LogP contribution < -0.4 is 5.32 Å². The van der Waals surface area contributed by atoms with Crippen molar-refractivity contribution in [2.45, 2.75) is 26.3 Å². The average molecular weight is 278 g/mol. The van der Waals surface area contributed by atoms with E-state index in [1.807, 2.05) is 44.2 Å². The molecule has 0 saturated heterocycles. The quantitative estimate of drug-likeness (QED) is 0.844. The number of rotatable bonds is 4. The van der Waals surface area contributed by atoms with Gasteiger partial charge in [0.15, 0.2) is 0 Å². The van der Waals surface area contributed by atoms with E-state index < -0.39 is 0 Å². The van der Waals surface area contributed by atoms with E-state index in [0.717, 1.165) is 11.3 Å². The molecule has 19 heavy (non-hydrogen) atoms. The van der Waals surface area contributed by atoms with Crippen LogP contribution in [0, 0.1) is 12.7 Å². The first-order valence-electron chi connectivity index (χ1n) is 6.32. The molecular weight excluding hydrogens is 261 g/mol. The van der Waals surface area contributed by atoms with E-state index in [1.54, 1.807) is 6.07 Å². The van der Waals surface area contributed by atoms with E-state index in [0.29, 0.717) is 17.0 Å². The van der Waals surface area contributed by atoms with Crippen molar-refractivity contribution < 1.29 is 4.39 Å². The number of halogens is 2. The van der Waals surface area contributed by atoms with Gasteiger partial charge in [-0.1, -0.05) is 35.9 Å². The van der Waals surface area contributed by atoms with E-state index >= 15 is 0 Å². The van der Waals surface area contributed by atoms with Gasteiger partial charge in [0.25, 0.3) is 0 Å². The summed E-state index contributed by atoms with van der Waals surface area (Å²) in [7, 11) is 0. The molecule has 0 bridgehead atoms. The summed E-state index contributed by atoms with van der Waals surface area (Å²) in [4.78, 5) is 0. The third-order valence-electron chi connectivity index (χ3n) is 3.01. The minimum absolute atomic E-state index is 0.108. The van der Waals surface area contributed by atoms with Crippen molar-refractivity contribution in [3.63, 3.8) is 0 Å². The van der Waals surface area contributed by atoms with Crippen molar-refractivity contribution in [3.05, 3.63) is 64.4 Å². The number of nitrogens with one attached hydrogen (secondary N) is 1. The van der Waals surface area contributed by atoms with Crippen LogP contribution in [0.4, 0.5) is 10.1 Å². The van der Waals surface area contributed by atoms with Gasteiger partial charge in [-0.3, -0.25) is 0 Å². The minimum Gasteiger partial charge on any atom is -0.381 e. The predicted molar refractivity (Wildman–Crippen MR) is 79.4 cm³/mol. The lowest BCUT2D eigenvalue weighted by atomic mass is 10.1. The predicted octanol–water partition coefficient (Wildman–Crippen LogP) is 4.83. The van der Waals surface area contributed by atoms with Gasteiger partial charge in [-0.2, -0.15) is 0 Å². The summed E-state index contributed by atoms with van der Waals surface area (Å²) in [6, 6.07) is 12.8. The second kappa shape index (κ2) is 6.07. The fourth-order valence-electron chi connectivity index (χ4n) is 2.06. The van der Waals surface area contributed by atoms with Gasteiger partial charge in [-0.05, 0) is 49.6 Å². The third kappa shape index (κ3) is 3.71.